The summed E-state index contributed by atoms with van der Waals surface area (Å²) in [5, 5.41) is 7.95. The number of aromatic nitrogens is 3. The largest absolute Gasteiger partial charge is 0.326 e. The average molecular weight is 281 g/mol. The van der Waals surface area contributed by atoms with E-state index in [0.29, 0.717) is 6.54 Å². The number of rotatable bonds is 2. The van der Waals surface area contributed by atoms with Crippen LogP contribution in [0.15, 0.2) is 22.8 Å². The predicted molar refractivity (Wildman–Crippen MR) is 66.8 cm³/mol. The quantitative estimate of drug-likeness (QED) is 0.916. The van der Waals surface area contributed by atoms with E-state index in [1.807, 2.05) is 13.1 Å². The van der Waals surface area contributed by atoms with Gasteiger partial charge in [0.15, 0.2) is 4.60 Å². The van der Waals surface area contributed by atoms with Gasteiger partial charge in [-0.2, -0.15) is 0 Å². The van der Waals surface area contributed by atoms with Gasteiger partial charge in [0, 0.05) is 19.2 Å². The maximum atomic E-state index is 5.61. The number of hydrogen-bond donors (Lipinski definition) is 1. The number of hydrogen-bond acceptors (Lipinski definition) is 3. The van der Waals surface area contributed by atoms with Gasteiger partial charge in [0.1, 0.15) is 5.69 Å². The van der Waals surface area contributed by atoms with E-state index in [1.54, 1.807) is 4.68 Å². The van der Waals surface area contributed by atoms with Crippen LogP contribution in [0.1, 0.15) is 11.1 Å². The van der Waals surface area contributed by atoms with Gasteiger partial charge in [-0.1, -0.05) is 23.4 Å². The molecule has 4 nitrogen and oxygen atoms in total. The molecule has 0 bridgehead atoms. The van der Waals surface area contributed by atoms with Gasteiger partial charge in [0.05, 0.1) is 0 Å². The zero-order chi connectivity index (χ0) is 11.7. The molecule has 5 heteroatoms. The number of nitrogens with two attached hydrogens (primary N) is 1. The highest BCUT2D eigenvalue weighted by molar-refractivity contribution is 9.10. The molecule has 2 aromatic rings. The first kappa shape index (κ1) is 11.3. The van der Waals surface area contributed by atoms with Crippen molar-refractivity contribution in [2.45, 2.75) is 13.5 Å². The molecule has 0 fully saturated rings. The van der Waals surface area contributed by atoms with E-state index in [4.69, 9.17) is 5.73 Å². The summed E-state index contributed by atoms with van der Waals surface area (Å²) in [6.45, 7) is 2.62. The molecular formula is C11H13BrN4. The Balaban J connectivity index is 2.57. The lowest BCUT2D eigenvalue weighted by molar-refractivity contribution is 0.719. The van der Waals surface area contributed by atoms with Crippen LogP contribution in [0.5, 0.6) is 0 Å². The molecule has 0 aliphatic heterocycles. The molecule has 2 rings (SSSR count). The summed E-state index contributed by atoms with van der Waals surface area (Å²) < 4.78 is 2.52. The van der Waals surface area contributed by atoms with Crippen molar-refractivity contribution in [2.24, 2.45) is 12.8 Å². The topological polar surface area (TPSA) is 56.7 Å². The molecule has 0 aliphatic carbocycles. The summed E-state index contributed by atoms with van der Waals surface area (Å²) >= 11 is 3.40. The zero-order valence-electron chi connectivity index (χ0n) is 9.24. The highest BCUT2D eigenvalue weighted by Crippen LogP contribution is 2.28. The standard InChI is InChI=1S/C11H13BrN4/c1-7-5-8(6-13)3-4-9(7)10-11(12)14-15-16(10)2/h3-5H,6,13H2,1-2H3. The molecule has 0 aliphatic rings. The lowest BCUT2D eigenvalue weighted by atomic mass is 10.0. The molecule has 1 aromatic heterocycles. The van der Waals surface area contributed by atoms with E-state index in [-0.39, 0.29) is 0 Å². The Morgan fingerprint density at radius 1 is 1.44 bits per heavy atom. The van der Waals surface area contributed by atoms with Crippen LogP contribution in [0.25, 0.3) is 11.3 Å². The maximum Gasteiger partial charge on any atom is 0.156 e. The predicted octanol–water partition coefficient (Wildman–Crippen LogP) is 2.01. The number of aryl methyl sites for hydroxylation is 2. The molecule has 0 amide bonds. The summed E-state index contributed by atoms with van der Waals surface area (Å²) in [7, 11) is 1.88. The van der Waals surface area contributed by atoms with Crippen molar-refractivity contribution in [2.75, 3.05) is 0 Å². The molecule has 84 valence electrons. The molecule has 1 heterocycles. The molecule has 0 spiro atoms. The van der Waals surface area contributed by atoms with E-state index in [0.717, 1.165) is 21.4 Å². The lowest BCUT2D eigenvalue weighted by Crippen LogP contribution is -1.99. The summed E-state index contributed by atoms with van der Waals surface area (Å²) in [6.07, 6.45) is 0. The van der Waals surface area contributed by atoms with Crippen molar-refractivity contribution < 1.29 is 0 Å². The lowest BCUT2D eigenvalue weighted by Gasteiger charge is -2.07. The minimum absolute atomic E-state index is 0.561. The van der Waals surface area contributed by atoms with E-state index >= 15 is 0 Å². The summed E-state index contributed by atoms with van der Waals surface area (Å²) in [6, 6.07) is 6.18. The highest BCUT2D eigenvalue weighted by Gasteiger charge is 2.12. The van der Waals surface area contributed by atoms with Crippen LogP contribution in [0.4, 0.5) is 0 Å². The third kappa shape index (κ3) is 1.88. The van der Waals surface area contributed by atoms with Crippen molar-refractivity contribution in [3.8, 4) is 11.3 Å². The number of nitrogens with zero attached hydrogens (tertiary/aromatic N) is 3. The molecule has 0 radical (unpaired) electrons. The summed E-state index contributed by atoms with van der Waals surface area (Å²) in [5.74, 6) is 0. The first-order valence-electron chi connectivity index (χ1n) is 4.98. The van der Waals surface area contributed by atoms with E-state index in [2.05, 4.69) is 45.3 Å². The Hall–Kier alpha value is -1.20. The van der Waals surface area contributed by atoms with Crippen LogP contribution >= 0.6 is 15.9 Å². The second-order valence-corrected chi connectivity index (χ2v) is 4.46. The Labute approximate surface area is 103 Å². The van der Waals surface area contributed by atoms with Crippen LogP contribution in [0.3, 0.4) is 0 Å². The Bertz CT molecular complexity index is 499. The van der Waals surface area contributed by atoms with E-state index in [1.165, 1.54) is 5.56 Å². The third-order valence-corrected chi connectivity index (χ3v) is 3.10. The molecule has 0 saturated heterocycles. The number of halogens is 1. The van der Waals surface area contributed by atoms with Gasteiger partial charge in [-0.3, -0.25) is 0 Å². The average Bonchev–Trinajstić information content (AvgIpc) is 2.59. The van der Waals surface area contributed by atoms with Gasteiger partial charge >= 0.3 is 0 Å². The van der Waals surface area contributed by atoms with Gasteiger partial charge in [0.25, 0.3) is 0 Å². The van der Waals surface area contributed by atoms with Crippen LogP contribution in [-0.2, 0) is 13.6 Å². The first-order chi connectivity index (χ1) is 7.63. The van der Waals surface area contributed by atoms with Crippen molar-refractivity contribution in [1.29, 1.82) is 0 Å². The van der Waals surface area contributed by atoms with Crippen molar-refractivity contribution >= 4 is 15.9 Å². The molecule has 1 aromatic carbocycles. The van der Waals surface area contributed by atoms with Gasteiger partial charge < -0.3 is 5.73 Å². The molecule has 0 saturated carbocycles. The molecule has 0 atom stereocenters. The Morgan fingerprint density at radius 2 is 2.19 bits per heavy atom. The fourth-order valence-electron chi connectivity index (χ4n) is 1.74. The minimum atomic E-state index is 0.561. The van der Waals surface area contributed by atoms with Crippen LogP contribution in [-0.4, -0.2) is 15.0 Å². The Morgan fingerprint density at radius 3 is 2.69 bits per heavy atom. The highest BCUT2D eigenvalue weighted by atomic mass is 79.9. The SMILES string of the molecule is Cc1cc(CN)ccc1-c1c(Br)nnn1C. The summed E-state index contributed by atoms with van der Waals surface area (Å²) in [5.41, 5.74) is 10.0. The molecule has 0 unspecified atom stereocenters. The Kier molecular flexibility index (Phi) is 3.07. The third-order valence-electron chi connectivity index (χ3n) is 2.57. The number of benzene rings is 1. The zero-order valence-corrected chi connectivity index (χ0v) is 10.8. The second kappa shape index (κ2) is 4.35. The van der Waals surface area contributed by atoms with Crippen molar-refractivity contribution in [3.05, 3.63) is 33.9 Å². The molecule has 2 N–H and O–H groups in total. The van der Waals surface area contributed by atoms with E-state index in [9.17, 15) is 0 Å². The maximum absolute atomic E-state index is 5.61. The van der Waals surface area contributed by atoms with Crippen molar-refractivity contribution in [1.82, 2.24) is 15.0 Å². The van der Waals surface area contributed by atoms with Crippen molar-refractivity contribution in [3.63, 3.8) is 0 Å². The van der Waals surface area contributed by atoms with Gasteiger partial charge in [-0.25, -0.2) is 4.68 Å². The smallest absolute Gasteiger partial charge is 0.156 e. The van der Waals surface area contributed by atoms with Crippen LogP contribution < -0.4 is 5.73 Å². The van der Waals surface area contributed by atoms with Gasteiger partial charge in [-0.05, 0) is 34.0 Å². The molecule has 16 heavy (non-hydrogen) atoms. The fourth-order valence-corrected chi connectivity index (χ4v) is 2.28. The van der Waals surface area contributed by atoms with Crippen LogP contribution in [0.2, 0.25) is 0 Å². The van der Waals surface area contributed by atoms with Gasteiger partial charge in [-0.15, -0.1) is 5.10 Å². The minimum Gasteiger partial charge on any atom is -0.326 e. The normalized spacial score (nSPS) is 10.8. The monoisotopic (exact) mass is 280 g/mol. The van der Waals surface area contributed by atoms with Gasteiger partial charge in [0.2, 0.25) is 0 Å². The van der Waals surface area contributed by atoms with E-state index < -0.39 is 0 Å². The fraction of sp³-hybridized carbons (Fsp3) is 0.273. The second-order valence-electron chi connectivity index (χ2n) is 3.71. The van der Waals surface area contributed by atoms with Crippen LogP contribution in [0, 0.1) is 6.92 Å². The molecular weight excluding hydrogens is 268 g/mol. The summed E-state index contributed by atoms with van der Waals surface area (Å²) in [4.78, 5) is 0. The first-order valence-corrected chi connectivity index (χ1v) is 5.78.